The van der Waals surface area contributed by atoms with Gasteiger partial charge >= 0.3 is 0 Å². The Morgan fingerprint density at radius 2 is 1.82 bits per heavy atom. The fourth-order valence-electron chi connectivity index (χ4n) is 3.77. The molecule has 7 heteroatoms. The average molecular weight is 405 g/mol. The molecule has 3 rings (SSSR count). The highest BCUT2D eigenvalue weighted by atomic mass is 32.2. The van der Waals surface area contributed by atoms with Crippen LogP contribution in [0, 0.1) is 33.6 Å². The summed E-state index contributed by atoms with van der Waals surface area (Å²) in [5.41, 5.74) is 2.77. The van der Waals surface area contributed by atoms with Crippen molar-refractivity contribution in [2.75, 3.05) is 13.1 Å². The van der Waals surface area contributed by atoms with E-state index < -0.39 is 10.0 Å². The van der Waals surface area contributed by atoms with E-state index in [2.05, 4.69) is 5.32 Å². The highest BCUT2D eigenvalue weighted by Crippen LogP contribution is 2.26. The Kier molecular flexibility index (Phi) is 5.95. The lowest BCUT2D eigenvalue weighted by Gasteiger charge is -2.31. The summed E-state index contributed by atoms with van der Waals surface area (Å²) < 4.78 is 32.9. The first-order valence-corrected chi connectivity index (χ1v) is 11.0. The molecule has 1 saturated heterocycles. The maximum Gasteiger partial charge on any atom is 0.243 e. The maximum atomic E-state index is 13.0. The van der Waals surface area contributed by atoms with E-state index in [1.165, 1.54) is 4.31 Å². The van der Waals surface area contributed by atoms with E-state index in [0.717, 1.165) is 28.2 Å². The first-order valence-electron chi connectivity index (χ1n) is 9.59. The van der Waals surface area contributed by atoms with Gasteiger partial charge in [-0.15, -0.1) is 0 Å². The minimum atomic E-state index is -3.53. The fourth-order valence-corrected chi connectivity index (χ4v) is 5.45. The zero-order valence-electron chi connectivity index (χ0n) is 16.9. The van der Waals surface area contributed by atoms with Crippen molar-refractivity contribution in [3.63, 3.8) is 0 Å². The zero-order valence-corrected chi connectivity index (χ0v) is 17.7. The van der Waals surface area contributed by atoms with Crippen molar-refractivity contribution in [1.82, 2.24) is 9.62 Å². The number of sulfonamides is 1. The van der Waals surface area contributed by atoms with Crippen molar-refractivity contribution >= 4 is 15.9 Å². The van der Waals surface area contributed by atoms with Crippen molar-refractivity contribution in [2.45, 2.75) is 52.0 Å². The standard InChI is InChI=1S/C21H28N2O4S/c1-14-5-6-20(15(2)11-14)28(25,26)23-9-7-18(8-10-23)21(24)22-13-19-12-16(3)27-17(19)4/h5-6,11-12,18H,7-10,13H2,1-4H3,(H,22,24). The van der Waals surface area contributed by atoms with Crippen molar-refractivity contribution in [3.8, 4) is 0 Å². The van der Waals surface area contributed by atoms with E-state index in [1.54, 1.807) is 6.07 Å². The number of hydrogen-bond donors (Lipinski definition) is 1. The number of amides is 1. The second kappa shape index (κ2) is 8.09. The zero-order chi connectivity index (χ0) is 20.5. The van der Waals surface area contributed by atoms with Gasteiger partial charge in [0.05, 0.1) is 4.90 Å². The van der Waals surface area contributed by atoms with Crippen LogP contribution in [0.5, 0.6) is 0 Å². The third-order valence-corrected chi connectivity index (χ3v) is 7.43. The van der Waals surface area contributed by atoms with E-state index in [4.69, 9.17) is 4.42 Å². The summed E-state index contributed by atoms with van der Waals surface area (Å²) in [5.74, 6) is 1.44. The van der Waals surface area contributed by atoms with Gasteiger partial charge < -0.3 is 9.73 Å². The molecule has 1 aromatic heterocycles. The Hall–Kier alpha value is -2.12. The predicted molar refractivity (Wildman–Crippen MR) is 107 cm³/mol. The van der Waals surface area contributed by atoms with Crippen LogP contribution in [0.4, 0.5) is 0 Å². The molecule has 6 nitrogen and oxygen atoms in total. The monoisotopic (exact) mass is 404 g/mol. The molecule has 0 radical (unpaired) electrons. The van der Waals surface area contributed by atoms with Crippen LogP contribution in [-0.4, -0.2) is 31.7 Å². The summed E-state index contributed by atoms with van der Waals surface area (Å²) in [6.07, 6.45) is 1.05. The lowest BCUT2D eigenvalue weighted by molar-refractivity contribution is -0.126. The molecule has 2 aromatic rings. The number of benzene rings is 1. The van der Waals surface area contributed by atoms with Crippen LogP contribution in [0.2, 0.25) is 0 Å². The normalized spacial score (nSPS) is 16.3. The van der Waals surface area contributed by atoms with E-state index in [1.807, 2.05) is 45.9 Å². The number of furan rings is 1. The molecule has 0 unspecified atom stereocenters. The molecule has 1 amide bonds. The van der Waals surface area contributed by atoms with E-state index >= 15 is 0 Å². The molecule has 2 heterocycles. The summed E-state index contributed by atoms with van der Waals surface area (Å²) in [5, 5.41) is 2.96. The SMILES string of the molecule is Cc1ccc(S(=O)(=O)N2CCC(C(=O)NCc3cc(C)oc3C)CC2)c(C)c1. The first kappa shape index (κ1) is 20.6. The Bertz CT molecular complexity index is 970. The van der Waals surface area contributed by atoms with Crippen molar-refractivity contribution in [2.24, 2.45) is 5.92 Å². The van der Waals surface area contributed by atoms with Crippen LogP contribution in [0.15, 0.2) is 33.6 Å². The van der Waals surface area contributed by atoms with Crippen LogP contribution >= 0.6 is 0 Å². The van der Waals surface area contributed by atoms with Crippen molar-refractivity contribution < 1.29 is 17.6 Å². The molecule has 1 aliphatic rings. The molecule has 0 spiro atoms. The van der Waals surface area contributed by atoms with E-state index in [9.17, 15) is 13.2 Å². The molecule has 1 aromatic carbocycles. The van der Waals surface area contributed by atoms with Gasteiger partial charge in [-0.05, 0) is 58.2 Å². The topological polar surface area (TPSA) is 79.6 Å². The van der Waals surface area contributed by atoms with E-state index in [-0.39, 0.29) is 11.8 Å². The van der Waals surface area contributed by atoms with Crippen LogP contribution in [-0.2, 0) is 21.4 Å². The van der Waals surface area contributed by atoms with Gasteiger partial charge in [-0.3, -0.25) is 4.79 Å². The number of rotatable bonds is 5. The molecule has 0 aliphatic carbocycles. The second-order valence-electron chi connectivity index (χ2n) is 7.60. The number of nitrogens with one attached hydrogen (secondary N) is 1. The molecule has 1 aliphatic heterocycles. The molecule has 1 fully saturated rings. The quantitative estimate of drug-likeness (QED) is 0.830. The average Bonchev–Trinajstić information content (AvgIpc) is 2.96. The molecule has 28 heavy (non-hydrogen) atoms. The second-order valence-corrected chi connectivity index (χ2v) is 9.51. The van der Waals surface area contributed by atoms with Gasteiger partial charge in [0.2, 0.25) is 15.9 Å². The highest BCUT2D eigenvalue weighted by molar-refractivity contribution is 7.89. The van der Waals surface area contributed by atoms with Crippen LogP contribution in [0.25, 0.3) is 0 Å². The predicted octanol–water partition coefficient (Wildman–Crippen LogP) is 3.23. The lowest BCUT2D eigenvalue weighted by atomic mass is 9.97. The Morgan fingerprint density at radius 3 is 2.39 bits per heavy atom. The third kappa shape index (κ3) is 4.31. The molecule has 1 N–H and O–H groups in total. The summed E-state index contributed by atoms with van der Waals surface area (Å²) in [4.78, 5) is 12.9. The van der Waals surface area contributed by atoms with E-state index in [0.29, 0.717) is 37.4 Å². The number of aryl methyl sites for hydroxylation is 4. The van der Waals surface area contributed by atoms with Crippen LogP contribution in [0.3, 0.4) is 0 Å². The number of hydrogen-bond acceptors (Lipinski definition) is 4. The van der Waals surface area contributed by atoms with Gasteiger partial charge in [0.25, 0.3) is 0 Å². The molecule has 152 valence electrons. The summed E-state index contributed by atoms with van der Waals surface area (Å²) in [6.45, 7) is 8.67. The fraction of sp³-hybridized carbons (Fsp3) is 0.476. The summed E-state index contributed by atoms with van der Waals surface area (Å²) >= 11 is 0. The molecule has 0 bridgehead atoms. The number of piperidine rings is 1. The minimum Gasteiger partial charge on any atom is -0.466 e. The van der Waals surface area contributed by atoms with Gasteiger partial charge in [-0.25, -0.2) is 8.42 Å². The Morgan fingerprint density at radius 1 is 1.14 bits per heavy atom. The smallest absolute Gasteiger partial charge is 0.243 e. The number of carbonyl (C=O) groups is 1. The molecular formula is C21H28N2O4S. The van der Waals surface area contributed by atoms with Crippen molar-refractivity contribution in [1.29, 1.82) is 0 Å². The summed E-state index contributed by atoms with van der Waals surface area (Å²) in [6, 6.07) is 7.30. The lowest BCUT2D eigenvalue weighted by Crippen LogP contribution is -2.43. The largest absolute Gasteiger partial charge is 0.466 e. The van der Waals surface area contributed by atoms with Gasteiger partial charge in [0.1, 0.15) is 11.5 Å². The Labute approximate surface area is 167 Å². The van der Waals surface area contributed by atoms with Gasteiger partial charge in [-0.2, -0.15) is 4.31 Å². The minimum absolute atomic E-state index is 0.0261. The van der Waals surface area contributed by atoms with Gasteiger partial charge in [0.15, 0.2) is 0 Å². The number of carbonyl (C=O) groups excluding carboxylic acids is 1. The van der Waals surface area contributed by atoms with Gasteiger partial charge in [0, 0.05) is 31.1 Å². The van der Waals surface area contributed by atoms with Crippen molar-refractivity contribution in [3.05, 3.63) is 52.5 Å². The first-order chi connectivity index (χ1) is 13.2. The highest BCUT2D eigenvalue weighted by Gasteiger charge is 2.32. The van der Waals surface area contributed by atoms with Crippen LogP contribution in [0.1, 0.15) is 41.1 Å². The molecular weight excluding hydrogens is 376 g/mol. The van der Waals surface area contributed by atoms with Crippen LogP contribution < -0.4 is 5.32 Å². The maximum absolute atomic E-state index is 13.0. The van der Waals surface area contributed by atoms with Gasteiger partial charge in [-0.1, -0.05) is 17.7 Å². The summed E-state index contributed by atoms with van der Waals surface area (Å²) in [7, 11) is -3.53. The molecule has 0 atom stereocenters. The third-order valence-electron chi connectivity index (χ3n) is 5.37. The Balaban J connectivity index is 1.59. The number of nitrogens with zero attached hydrogens (tertiary/aromatic N) is 1. The molecule has 0 saturated carbocycles.